The van der Waals surface area contributed by atoms with Gasteiger partial charge in [-0.25, -0.2) is 4.39 Å². The van der Waals surface area contributed by atoms with Crippen LogP contribution in [0.3, 0.4) is 0 Å². The monoisotopic (exact) mass is 286 g/mol. The summed E-state index contributed by atoms with van der Waals surface area (Å²) in [5, 5.41) is 5.86. The van der Waals surface area contributed by atoms with Crippen molar-refractivity contribution in [1.82, 2.24) is 5.32 Å². The molecule has 0 unspecified atom stereocenters. The second-order valence-electron chi connectivity index (χ2n) is 5.70. The van der Waals surface area contributed by atoms with Crippen LogP contribution in [0.25, 0.3) is 0 Å². The highest BCUT2D eigenvalue weighted by Crippen LogP contribution is 2.26. The summed E-state index contributed by atoms with van der Waals surface area (Å²) in [5.74, 6) is -0.457. The van der Waals surface area contributed by atoms with Crippen molar-refractivity contribution in [3.8, 4) is 0 Å². The molecule has 0 fully saturated rings. The summed E-state index contributed by atoms with van der Waals surface area (Å²) in [7, 11) is 0. The Hall–Kier alpha value is -1.13. The first kappa shape index (κ1) is 15.9. The molecule has 1 aliphatic heterocycles. The SMILES string of the molecule is CC(C)(C)C(=O)Nc1ccc2c(c1F)CCNC2.Cl. The number of anilines is 1. The minimum Gasteiger partial charge on any atom is -0.323 e. The standard InChI is InChI=1S/C14H19FN2O.ClH/c1-14(2,3)13(18)17-11-5-4-9-8-16-7-6-10(9)12(11)15;/h4-5,16H,6-8H2,1-3H3,(H,17,18);1H. The third-order valence-corrected chi connectivity index (χ3v) is 3.14. The number of benzene rings is 1. The van der Waals surface area contributed by atoms with Crippen LogP contribution in [0.1, 0.15) is 31.9 Å². The Labute approximate surface area is 119 Å². The summed E-state index contributed by atoms with van der Waals surface area (Å²) in [4.78, 5) is 11.9. The van der Waals surface area contributed by atoms with E-state index in [1.54, 1.807) is 6.07 Å². The number of rotatable bonds is 1. The first-order valence-corrected chi connectivity index (χ1v) is 6.22. The predicted octanol–water partition coefficient (Wildman–Crippen LogP) is 2.88. The van der Waals surface area contributed by atoms with Crippen LogP contribution in [-0.4, -0.2) is 12.5 Å². The fourth-order valence-corrected chi connectivity index (χ4v) is 1.94. The average Bonchev–Trinajstić information content (AvgIpc) is 2.32. The van der Waals surface area contributed by atoms with Gasteiger partial charge in [-0.1, -0.05) is 26.8 Å². The Bertz CT molecular complexity index is 483. The molecular weight excluding hydrogens is 267 g/mol. The van der Waals surface area contributed by atoms with E-state index < -0.39 is 5.41 Å². The lowest BCUT2D eigenvalue weighted by Gasteiger charge is -2.22. The zero-order chi connectivity index (χ0) is 13.3. The first-order valence-electron chi connectivity index (χ1n) is 6.22. The second-order valence-corrected chi connectivity index (χ2v) is 5.70. The molecule has 0 saturated carbocycles. The Kier molecular flexibility index (Phi) is 4.93. The van der Waals surface area contributed by atoms with Gasteiger partial charge in [0.05, 0.1) is 5.69 Å². The summed E-state index contributed by atoms with van der Waals surface area (Å²) >= 11 is 0. The van der Waals surface area contributed by atoms with E-state index in [9.17, 15) is 9.18 Å². The van der Waals surface area contributed by atoms with Crippen LogP contribution in [0.15, 0.2) is 12.1 Å². The molecule has 0 radical (unpaired) electrons. The van der Waals surface area contributed by atoms with Gasteiger partial charge < -0.3 is 10.6 Å². The fraction of sp³-hybridized carbons (Fsp3) is 0.500. The molecule has 0 atom stereocenters. The number of hydrogen-bond acceptors (Lipinski definition) is 2. The van der Waals surface area contributed by atoms with Crippen LogP contribution in [0.4, 0.5) is 10.1 Å². The molecule has 0 spiro atoms. The van der Waals surface area contributed by atoms with Gasteiger partial charge in [0.15, 0.2) is 0 Å². The van der Waals surface area contributed by atoms with E-state index in [4.69, 9.17) is 0 Å². The molecule has 0 bridgehead atoms. The lowest BCUT2D eigenvalue weighted by atomic mass is 9.95. The Morgan fingerprint density at radius 1 is 1.37 bits per heavy atom. The maximum atomic E-state index is 14.3. The molecule has 1 aliphatic rings. The maximum absolute atomic E-state index is 14.3. The number of carbonyl (C=O) groups is 1. The summed E-state index contributed by atoms with van der Waals surface area (Å²) in [5.41, 5.74) is 1.47. The highest BCUT2D eigenvalue weighted by molar-refractivity contribution is 5.94. The molecule has 2 rings (SSSR count). The fourth-order valence-electron chi connectivity index (χ4n) is 1.94. The van der Waals surface area contributed by atoms with Crippen molar-refractivity contribution in [3.05, 3.63) is 29.1 Å². The molecule has 106 valence electrons. The first-order chi connectivity index (χ1) is 8.39. The third-order valence-electron chi connectivity index (χ3n) is 3.14. The smallest absolute Gasteiger partial charge is 0.229 e. The number of halogens is 2. The number of amides is 1. The van der Waals surface area contributed by atoms with E-state index >= 15 is 0 Å². The van der Waals surface area contributed by atoms with E-state index in [1.165, 1.54) is 0 Å². The van der Waals surface area contributed by atoms with E-state index in [-0.39, 0.29) is 29.8 Å². The topological polar surface area (TPSA) is 41.1 Å². The predicted molar refractivity (Wildman–Crippen MR) is 77.1 cm³/mol. The number of fused-ring (bicyclic) bond motifs is 1. The summed E-state index contributed by atoms with van der Waals surface area (Å²) in [6.07, 6.45) is 0.667. The molecule has 1 aromatic carbocycles. The largest absolute Gasteiger partial charge is 0.323 e. The molecule has 1 aromatic rings. The van der Waals surface area contributed by atoms with Gasteiger partial charge in [-0.15, -0.1) is 12.4 Å². The van der Waals surface area contributed by atoms with Crippen molar-refractivity contribution >= 4 is 24.0 Å². The van der Waals surface area contributed by atoms with Gasteiger partial charge in [0.2, 0.25) is 5.91 Å². The minimum absolute atomic E-state index is 0. The number of hydrogen-bond donors (Lipinski definition) is 2. The van der Waals surface area contributed by atoms with E-state index in [0.29, 0.717) is 13.0 Å². The van der Waals surface area contributed by atoms with Crippen molar-refractivity contribution in [2.75, 3.05) is 11.9 Å². The average molecular weight is 287 g/mol. The van der Waals surface area contributed by atoms with Gasteiger partial charge in [-0.3, -0.25) is 4.79 Å². The Morgan fingerprint density at radius 2 is 2.05 bits per heavy atom. The van der Waals surface area contributed by atoms with Crippen LogP contribution in [-0.2, 0) is 17.8 Å². The summed E-state index contributed by atoms with van der Waals surface area (Å²) < 4.78 is 14.3. The molecule has 1 amide bonds. The van der Waals surface area contributed by atoms with Crippen LogP contribution >= 0.6 is 12.4 Å². The van der Waals surface area contributed by atoms with Gasteiger partial charge in [-0.05, 0) is 30.2 Å². The minimum atomic E-state index is -0.524. The van der Waals surface area contributed by atoms with Crippen molar-refractivity contribution in [2.24, 2.45) is 5.41 Å². The highest BCUT2D eigenvalue weighted by atomic mass is 35.5. The summed E-state index contributed by atoms with van der Waals surface area (Å²) in [6.45, 7) is 6.90. The van der Waals surface area contributed by atoms with Crippen LogP contribution in [0.5, 0.6) is 0 Å². The van der Waals surface area contributed by atoms with Gasteiger partial charge >= 0.3 is 0 Å². The number of carbonyl (C=O) groups excluding carboxylic acids is 1. The molecule has 19 heavy (non-hydrogen) atoms. The molecule has 0 saturated heterocycles. The summed E-state index contributed by atoms with van der Waals surface area (Å²) in [6, 6.07) is 3.52. The lowest BCUT2D eigenvalue weighted by molar-refractivity contribution is -0.123. The van der Waals surface area contributed by atoms with Gasteiger partial charge in [0.1, 0.15) is 5.82 Å². The lowest BCUT2D eigenvalue weighted by Crippen LogP contribution is -2.29. The molecule has 3 nitrogen and oxygen atoms in total. The van der Waals surface area contributed by atoms with Gasteiger partial charge in [0, 0.05) is 12.0 Å². The normalized spacial score (nSPS) is 14.3. The quantitative estimate of drug-likeness (QED) is 0.833. The number of nitrogens with one attached hydrogen (secondary N) is 2. The van der Waals surface area contributed by atoms with Crippen molar-refractivity contribution in [1.29, 1.82) is 0 Å². The molecule has 5 heteroatoms. The van der Waals surface area contributed by atoms with Crippen molar-refractivity contribution < 1.29 is 9.18 Å². The van der Waals surface area contributed by atoms with Crippen LogP contribution in [0.2, 0.25) is 0 Å². The van der Waals surface area contributed by atoms with Crippen LogP contribution < -0.4 is 10.6 Å². The van der Waals surface area contributed by atoms with Gasteiger partial charge in [0.25, 0.3) is 0 Å². The van der Waals surface area contributed by atoms with E-state index in [0.717, 1.165) is 17.7 Å². The third kappa shape index (κ3) is 3.45. The Balaban J connectivity index is 0.00000180. The molecule has 0 aliphatic carbocycles. The van der Waals surface area contributed by atoms with E-state index in [1.807, 2.05) is 26.8 Å². The Morgan fingerprint density at radius 3 is 2.68 bits per heavy atom. The maximum Gasteiger partial charge on any atom is 0.229 e. The molecular formula is C14H20ClFN2O. The molecule has 2 N–H and O–H groups in total. The zero-order valence-corrected chi connectivity index (χ0v) is 12.3. The van der Waals surface area contributed by atoms with Crippen LogP contribution in [0, 0.1) is 11.2 Å². The second kappa shape index (κ2) is 5.88. The van der Waals surface area contributed by atoms with E-state index in [2.05, 4.69) is 10.6 Å². The highest BCUT2D eigenvalue weighted by Gasteiger charge is 2.23. The van der Waals surface area contributed by atoms with Crippen molar-refractivity contribution in [2.45, 2.75) is 33.7 Å². The van der Waals surface area contributed by atoms with Crippen molar-refractivity contribution in [3.63, 3.8) is 0 Å². The van der Waals surface area contributed by atoms with Gasteiger partial charge in [-0.2, -0.15) is 0 Å². The molecule has 0 aromatic heterocycles. The molecule has 1 heterocycles. The zero-order valence-electron chi connectivity index (χ0n) is 11.5.